The Morgan fingerprint density at radius 1 is 1.35 bits per heavy atom. The first-order valence-electron chi connectivity index (χ1n) is 5.07. The van der Waals surface area contributed by atoms with E-state index in [0.717, 1.165) is 6.26 Å². The molecular formula is C11H15NO4S. The molecule has 0 amide bonds. The number of carbonyl (C=O) groups excluding carboxylic acids is 1. The van der Waals surface area contributed by atoms with Gasteiger partial charge in [0.2, 0.25) is 10.0 Å². The Morgan fingerprint density at radius 2 is 2.00 bits per heavy atom. The summed E-state index contributed by atoms with van der Waals surface area (Å²) in [6.45, 7) is 3.49. The number of rotatable bonds is 4. The van der Waals surface area contributed by atoms with Crippen LogP contribution in [0.2, 0.25) is 0 Å². The van der Waals surface area contributed by atoms with Crippen LogP contribution in [0, 0.1) is 0 Å². The first kappa shape index (κ1) is 13.5. The van der Waals surface area contributed by atoms with Crippen LogP contribution in [0.3, 0.4) is 0 Å². The fourth-order valence-electron chi connectivity index (χ4n) is 1.21. The van der Waals surface area contributed by atoms with Crippen molar-refractivity contribution in [1.29, 1.82) is 0 Å². The highest BCUT2D eigenvalue weighted by molar-refractivity contribution is 7.92. The molecule has 0 aromatic heterocycles. The van der Waals surface area contributed by atoms with Gasteiger partial charge in [-0.1, -0.05) is 6.07 Å². The molecule has 17 heavy (non-hydrogen) atoms. The monoisotopic (exact) mass is 257 g/mol. The van der Waals surface area contributed by atoms with Crippen molar-refractivity contribution in [1.82, 2.24) is 0 Å². The molecule has 0 atom stereocenters. The zero-order chi connectivity index (χ0) is 13.1. The van der Waals surface area contributed by atoms with Crippen LogP contribution >= 0.6 is 0 Å². The molecule has 0 unspecified atom stereocenters. The molecule has 0 saturated heterocycles. The molecule has 0 bridgehead atoms. The maximum absolute atomic E-state index is 11.6. The zero-order valence-electron chi connectivity index (χ0n) is 9.93. The molecule has 0 aliphatic rings. The second kappa shape index (κ2) is 5.18. The number of anilines is 1. The van der Waals surface area contributed by atoms with Gasteiger partial charge < -0.3 is 4.74 Å². The minimum Gasteiger partial charge on any atom is -0.459 e. The van der Waals surface area contributed by atoms with E-state index in [9.17, 15) is 13.2 Å². The van der Waals surface area contributed by atoms with E-state index in [4.69, 9.17) is 4.74 Å². The molecule has 5 nitrogen and oxygen atoms in total. The third kappa shape index (κ3) is 4.86. The summed E-state index contributed by atoms with van der Waals surface area (Å²) in [6, 6.07) is 6.15. The number of ether oxygens (including phenoxy) is 1. The second-order valence-corrected chi connectivity index (χ2v) is 5.66. The van der Waals surface area contributed by atoms with Gasteiger partial charge in [0.1, 0.15) is 0 Å². The summed E-state index contributed by atoms with van der Waals surface area (Å²) in [6.07, 6.45) is 0.834. The standard InChI is InChI=1S/C11H15NO4S/c1-8(2)16-11(13)9-5-4-6-10(7-9)12-17(3,14)15/h4-8,12H,1-3H3. The van der Waals surface area contributed by atoms with Gasteiger partial charge in [-0.05, 0) is 32.0 Å². The quantitative estimate of drug-likeness (QED) is 0.832. The van der Waals surface area contributed by atoms with Gasteiger partial charge in [-0.3, -0.25) is 4.72 Å². The molecule has 6 heteroatoms. The highest BCUT2D eigenvalue weighted by Crippen LogP contribution is 2.13. The number of esters is 1. The van der Waals surface area contributed by atoms with Crippen LogP contribution in [0.1, 0.15) is 24.2 Å². The number of benzene rings is 1. The van der Waals surface area contributed by atoms with Crippen LogP contribution in [0.15, 0.2) is 24.3 Å². The molecule has 0 radical (unpaired) electrons. The molecule has 1 rings (SSSR count). The van der Waals surface area contributed by atoms with Crippen molar-refractivity contribution >= 4 is 21.7 Å². The van der Waals surface area contributed by atoms with Crippen LogP contribution in [0.25, 0.3) is 0 Å². The number of sulfonamides is 1. The van der Waals surface area contributed by atoms with E-state index in [-0.39, 0.29) is 6.10 Å². The number of hydrogen-bond acceptors (Lipinski definition) is 4. The summed E-state index contributed by atoms with van der Waals surface area (Å²) in [4.78, 5) is 11.6. The molecule has 0 spiro atoms. The third-order valence-electron chi connectivity index (χ3n) is 1.74. The number of carbonyl (C=O) groups is 1. The Labute approximate surface area is 101 Å². The molecule has 1 aromatic rings. The van der Waals surface area contributed by atoms with E-state index in [2.05, 4.69) is 4.72 Å². The summed E-state index contributed by atoms with van der Waals surface area (Å²) in [5, 5.41) is 0. The minimum absolute atomic E-state index is 0.214. The lowest BCUT2D eigenvalue weighted by Crippen LogP contribution is -2.13. The average molecular weight is 257 g/mol. The Kier molecular flexibility index (Phi) is 4.11. The van der Waals surface area contributed by atoms with Crippen LogP contribution in [-0.2, 0) is 14.8 Å². The topological polar surface area (TPSA) is 72.5 Å². The summed E-state index contributed by atoms with van der Waals surface area (Å²) in [7, 11) is -3.34. The van der Waals surface area contributed by atoms with E-state index < -0.39 is 16.0 Å². The molecule has 1 N–H and O–H groups in total. The van der Waals surface area contributed by atoms with Crippen molar-refractivity contribution in [2.24, 2.45) is 0 Å². The third-order valence-corrected chi connectivity index (χ3v) is 2.35. The molecule has 0 heterocycles. The predicted molar refractivity (Wildman–Crippen MR) is 65.5 cm³/mol. The van der Waals surface area contributed by atoms with Gasteiger partial charge >= 0.3 is 5.97 Å². The van der Waals surface area contributed by atoms with Crippen LogP contribution in [0.4, 0.5) is 5.69 Å². The first-order chi connectivity index (χ1) is 7.78. The van der Waals surface area contributed by atoms with Crippen molar-refractivity contribution in [2.45, 2.75) is 20.0 Å². The van der Waals surface area contributed by atoms with Crippen molar-refractivity contribution in [3.63, 3.8) is 0 Å². The molecule has 94 valence electrons. The van der Waals surface area contributed by atoms with E-state index in [0.29, 0.717) is 11.3 Å². The van der Waals surface area contributed by atoms with Gasteiger partial charge in [0.25, 0.3) is 0 Å². The first-order valence-corrected chi connectivity index (χ1v) is 6.96. The lowest BCUT2D eigenvalue weighted by Gasteiger charge is -2.09. The normalized spacial score (nSPS) is 11.3. The van der Waals surface area contributed by atoms with Crippen LogP contribution in [0.5, 0.6) is 0 Å². The fraction of sp³-hybridized carbons (Fsp3) is 0.364. The molecule has 1 aromatic carbocycles. The predicted octanol–water partition coefficient (Wildman–Crippen LogP) is 1.62. The summed E-state index contributed by atoms with van der Waals surface area (Å²) in [5.41, 5.74) is 0.651. The van der Waals surface area contributed by atoms with Crippen LogP contribution in [-0.4, -0.2) is 26.7 Å². The zero-order valence-corrected chi connectivity index (χ0v) is 10.7. The molecule has 0 saturated carbocycles. The van der Waals surface area contributed by atoms with Crippen LogP contribution < -0.4 is 4.72 Å². The molecular weight excluding hydrogens is 242 g/mol. The van der Waals surface area contributed by atoms with Gasteiger partial charge in [0, 0.05) is 5.69 Å². The van der Waals surface area contributed by atoms with Gasteiger partial charge in [0.05, 0.1) is 17.9 Å². The van der Waals surface area contributed by atoms with E-state index in [1.807, 2.05) is 0 Å². The second-order valence-electron chi connectivity index (χ2n) is 3.91. The average Bonchev–Trinajstić information content (AvgIpc) is 2.14. The summed E-state index contributed by atoms with van der Waals surface area (Å²) >= 11 is 0. The molecule has 0 aliphatic heterocycles. The van der Waals surface area contributed by atoms with Gasteiger partial charge in [0.15, 0.2) is 0 Å². The number of hydrogen-bond donors (Lipinski definition) is 1. The Hall–Kier alpha value is -1.56. The van der Waals surface area contributed by atoms with Gasteiger partial charge in [-0.15, -0.1) is 0 Å². The van der Waals surface area contributed by atoms with E-state index in [1.165, 1.54) is 6.07 Å². The van der Waals surface area contributed by atoms with Crippen molar-refractivity contribution < 1.29 is 17.9 Å². The van der Waals surface area contributed by atoms with Crippen molar-refractivity contribution in [3.05, 3.63) is 29.8 Å². The van der Waals surface area contributed by atoms with E-state index >= 15 is 0 Å². The highest BCUT2D eigenvalue weighted by atomic mass is 32.2. The lowest BCUT2D eigenvalue weighted by molar-refractivity contribution is 0.0378. The Balaban J connectivity index is 2.90. The van der Waals surface area contributed by atoms with Crippen molar-refractivity contribution in [3.8, 4) is 0 Å². The largest absolute Gasteiger partial charge is 0.459 e. The summed E-state index contributed by atoms with van der Waals surface area (Å²) in [5.74, 6) is -0.475. The minimum atomic E-state index is -3.34. The maximum Gasteiger partial charge on any atom is 0.338 e. The highest BCUT2D eigenvalue weighted by Gasteiger charge is 2.10. The van der Waals surface area contributed by atoms with Crippen molar-refractivity contribution in [2.75, 3.05) is 11.0 Å². The molecule has 0 fully saturated rings. The number of nitrogens with one attached hydrogen (secondary N) is 1. The molecule has 0 aliphatic carbocycles. The Bertz CT molecular complexity index is 508. The maximum atomic E-state index is 11.6. The Morgan fingerprint density at radius 3 is 2.53 bits per heavy atom. The lowest BCUT2D eigenvalue weighted by atomic mass is 10.2. The fourth-order valence-corrected chi connectivity index (χ4v) is 1.76. The smallest absolute Gasteiger partial charge is 0.338 e. The summed E-state index contributed by atoms with van der Waals surface area (Å²) < 4.78 is 29.4. The van der Waals surface area contributed by atoms with Gasteiger partial charge in [-0.25, -0.2) is 13.2 Å². The van der Waals surface area contributed by atoms with E-state index in [1.54, 1.807) is 32.0 Å². The SMILES string of the molecule is CC(C)OC(=O)c1cccc(NS(C)(=O)=O)c1. The van der Waals surface area contributed by atoms with Gasteiger partial charge in [-0.2, -0.15) is 0 Å².